The van der Waals surface area contributed by atoms with Crippen LogP contribution in [0.5, 0.6) is 11.5 Å². The van der Waals surface area contributed by atoms with E-state index >= 15 is 0 Å². The number of nitrogens with two attached hydrogens (primary N) is 1. The van der Waals surface area contributed by atoms with E-state index in [4.69, 9.17) is 15.7 Å². The molecule has 0 aliphatic carbocycles. The molecule has 92 valence electrons. The summed E-state index contributed by atoms with van der Waals surface area (Å²) in [6, 6.07) is 3.34. The Morgan fingerprint density at radius 3 is 2.89 bits per heavy atom. The van der Waals surface area contributed by atoms with E-state index in [-0.39, 0.29) is 5.84 Å². The Labute approximate surface area is 111 Å². The van der Waals surface area contributed by atoms with Gasteiger partial charge in [-0.3, -0.25) is 9.97 Å². The molecule has 0 saturated carbocycles. The van der Waals surface area contributed by atoms with Gasteiger partial charge in [-0.1, -0.05) is 5.16 Å². The van der Waals surface area contributed by atoms with Crippen molar-refractivity contribution in [3.63, 3.8) is 0 Å². The zero-order valence-corrected chi connectivity index (χ0v) is 10.7. The number of nitrogens with zero attached hydrogens (tertiary/aromatic N) is 3. The predicted molar refractivity (Wildman–Crippen MR) is 68.8 cm³/mol. The summed E-state index contributed by atoms with van der Waals surface area (Å²) in [5.41, 5.74) is 6.00. The summed E-state index contributed by atoms with van der Waals surface area (Å²) in [6.45, 7) is 0. The van der Waals surface area contributed by atoms with Crippen LogP contribution in [0.3, 0.4) is 0 Å². The molecule has 7 heteroatoms. The Hall–Kier alpha value is -2.15. The number of ether oxygens (including phenoxy) is 1. The van der Waals surface area contributed by atoms with Crippen LogP contribution in [0.2, 0.25) is 0 Å². The third kappa shape index (κ3) is 2.75. The average molecular weight is 309 g/mol. The van der Waals surface area contributed by atoms with Crippen LogP contribution in [0.4, 0.5) is 0 Å². The Morgan fingerprint density at radius 2 is 2.17 bits per heavy atom. The minimum absolute atomic E-state index is 0.0460. The highest BCUT2D eigenvalue weighted by Gasteiger charge is 2.09. The molecule has 0 saturated heterocycles. The van der Waals surface area contributed by atoms with E-state index in [9.17, 15) is 0 Å². The molecule has 0 amide bonds. The quantitative estimate of drug-likeness (QED) is 0.392. The first-order valence-corrected chi connectivity index (χ1v) is 5.70. The van der Waals surface area contributed by atoms with Crippen LogP contribution in [0.15, 0.2) is 46.5 Å². The minimum Gasteiger partial charge on any atom is -0.453 e. The lowest BCUT2D eigenvalue weighted by Gasteiger charge is -2.09. The van der Waals surface area contributed by atoms with Gasteiger partial charge in [0.2, 0.25) is 0 Å². The summed E-state index contributed by atoms with van der Waals surface area (Å²) < 4.78 is 6.37. The molecule has 2 heterocycles. The van der Waals surface area contributed by atoms with E-state index < -0.39 is 0 Å². The highest BCUT2D eigenvalue weighted by molar-refractivity contribution is 9.10. The fourth-order valence-corrected chi connectivity index (χ4v) is 1.65. The summed E-state index contributed by atoms with van der Waals surface area (Å²) in [5, 5.41) is 11.6. The van der Waals surface area contributed by atoms with Crippen molar-refractivity contribution in [3.8, 4) is 11.5 Å². The molecule has 2 aromatic rings. The molecule has 0 unspecified atom stereocenters. The van der Waals surface area contributed by atoms with Crippen LogP contribution < -0.4 is 10.5 Å². The average Bonchev–Trinajstić information content (AvgIpc) is 2.38. The van der Waals surface area contributed by atoms with Crippen LogP contribution in [0, 0.1) is 0 Å². The fourth-order valence-electron chi connectivity index (χ4n) is 1.30. The number of aromatic nitrogens is 2. The summed E-state index contributed by atoms with van der Waals surface area (Å²) in [4.78, 5) is 7.90. The van der Waals surface area contributed by atoms with Gasteiger partial charge >= 0.3 is 0 Å². The Kier molecular flexibility index (Phi) is 3.73. The van der Waals surface area contributed by atoms with E-state index in [1.54, 1.807) is 24.5 Å². The number of pyridine rings is 2. The number of amidine groups is 1. The molecule has 0 bridgehead atoms. The maximum absolute atomic E-state index is 8.69. The normalized spacial score (nSPS) is 11.3. The largest absolute Gasteiger partial charge is 0.453 e. The Bertz CT molecular complexity index is 589. The van der Waals surface area contributed by atoms with Gasteiger partial charge in [0, 0.05) is 16.9 Å². The van der Waals surface area contributed by atoms with Crippen molar-refractivity contribution in [2.45, 2.75) is 0 Å². The fraction of sp³-hybridized carbons (Fsp3) is 0. The molecule has 3 N–H and O–H groups in total. The summed E-state index contributed by atoms with van der Waals surface area (Å²) in [5.74, 6) is 0.854. The molecule has 0 fully saturated rings. The van der Waals surface area contributed by atoms with E-state index in [1.807, 2.05) is 0 Å². The van der Waals surface area contributed by atoms with Crippen molar-refractivity contribution >= 4 is 21.8 Å². The number of oxime groups is 1. The van der Waals surface area contributed by atoms with Gasteiger partial charge in [0.25, 0.3) is 0 Å². The molecule has 6 nitrogen and oxygen atoms in total. The van der Waals surface area contributed by atoms with Crippen LogP contribution in [0.1, 0.15) is 5.56 Å². The smallest absolute Gasteiger partial charge is 0.173 e. The molecule has 0 aliphatic heterocycles. The molecule has 2 aromatic heterocycles. The third-order valence-corrected chi connectivity index (χ3v) is 2.51. The maximum Gasteiger partial charge on any atom is 0.173 e. The van der Waals surface area contributed by atoms with E-state index in [1.165, 1.54) is 12.4 Å². The lowest BCUT2D eigenvalue weighted by molar-refractivity contribution is 0.318. The Balaban J connectivity index is 2.35. The topological polar surface area (TPSA) is 93.6 Å². The minimum atomic E-state index is -0.0460. The van der Waals surface area contributed by atoms with Gasteiger partial charge in [-0.05, 0) is 28.1 Å². The number of halogens is 1. The zero-order chi connectivity index (χ0) is 13.0. The molecule has 0 radical (unpaired) electrons. The van der Waals surface area contributed by atoms with Gasteiger partial charge in [0.05, 0.1) is 18.0 Å². The monoisotopic (exact) mass is 308 g/mol. The third-order valence-electron chi connectivity index (χ3n) is 2.08. The summed E-state index contributed by atoms with van der Waals surface area (Å²) >= 11 is 3.29. The Morgan fingerprint density at radius 1 is 1.33 bits per heavy atom. The molecular formula is C11H9BrN4O2. The van der Waals surface area contributed by atoms with E-state index in [0.717, 1.165) is 4.47 Å². The van der Waals surface area contributed by atoms with Gasteiger partial charge in [-0.25, -0.2) is 0 Å². The second-order valence-electron chi connectivity index (χ2n) is 3.30. The predicted octanol–water partition coefficient (Wildman–Crippen LogP) is 2.13. The second-order valence-corrected chi connectivity index (χ2v) is 4.21. The van der Waals surface area contributed by atoms with Crippen molar-refractivity contribution in [3.05, 3.63) is 47.0 Å². The van der Waals surface area contributed by atoms with Gasteiger partial charge < -0.3 is 15.7 Å². The maximum atomic E-state index is 8.69. The van der Waals surface area contributed by atoms with Gasteiger partial charge in [0.15, 0.2) is 11.6 Å². The standard InChI is InChI=1S/C11H9BrN4O2/c12-7-3-8(5-15-4-7)18-10-6-14-2-1-9(10)11(13)16-17/h1-6,17H,(H2,13,16). The molecule has 18 heavy (non-hydrogen) atoms. The van der Waals surface area contributed by atoms with Crippen LogP contribution >= 0.6 is 15.9 Å². The first-order chi connectivity index (χ1) is 8.70. The highest BCUT2D eigenvalue weighted by atomic mass is 79.9. The van der Waals surface area contributed by atoms with E-state index in [2.05, 4.69) is 31.1 Å². The summed E-state index contributed by atoms with van der Waals surface area (Å²) in [6.07, 6.45) is 6.20. The van der Waals surface area contributed by atoms with Crippen LogP contribution in [-0.2, 0) is 0 Å². The molecular weight excluding hydrogens is 300 g/mol. The molecule has 0 atom stereocenters. The molecule has 0 spiro atoms. The van der Waals surface area contributed by atoms with Crippen molar-refractivity contribution in [2.24, 2.45) is 10.9 Å². The van der Waals surface area contributed by atoms with Crippen LogP contribution in [-0.4, -0.2) is 21.0 Å². The molecule has 0 aromatic carbocycles. The van der Waals surface area contributed by atoms with Crippen molar-refractivity contribution in [1.29, 1.82) is 0 Å². The van der Waals surface area contributed by atoms with Gasteiger partial charge in [0.1, 0.15) is 5.75 Å². The highest BCUT2D eigenvalue weighted by Crippen LogP contribution is 2.25. The van der Waals surface area contributed by atoms with Gasteiger partial charge in [-0.15, -0.1) is 0 Å². The second kappa shape index (κ2) is 5.46. The molecule has 0 aliphatic rings. The first kappa shape index (κ1) is 12.3. The lowest BCUT2D eigenvalue weighted by Crippen LogP contribution is -2.14. The number of rotatable bonds is 3. The lowest BCUT2D eigenvalue weighted by atomic mass is 10.2. The number of hydrogen-bond acceptors (Lipinski definition) is 5. The van der Waals surface area contributed by atoms with Crippen molar-refractivity contribution in [2.75, 3.05) is 0 Å². The first-order valence-electron chi connectivity index (χ1n) is 4.91. The van der Waals surface area contributed by atoms with Crippen molar-refractivity contribution < 1.29 is 9.94 Å². The molecule has 2 rings (SSSR count). The van der Waals surface area contributed by atoms with Gasteiger partial charge in [-0.2, -0.15) is 0 Å². The number of hydrogen-bond donors (Lipinski definition) is 2. The van der Waals surface area contributed by atoms with Crippen LogP contribution in [0.25, 0.3) is 0 Å². The summed E-state index contributed by atoms with van der Waals surface area (Å²) in [7, 11) is 0. The van der Waals surface area contributed by atoms with E-state index in [0.29, 0.717) is 17.1 Å². The SMILES string of the molecule is N/C(=N/O)c1ccncc1Oc1cncc(Br)c1. The zero-order valence-electron chi connectivity index (χ0n) is 9.12. The van der Waals surface area contributed by atoms with Crippen molar-refractivity contribution in [1.82, 2.24) is 9.97 Å².